The Kier molecular flexibility index (Phi) is 7.51. The SMILES string of the molecule is Cc1cc(OCCN2CCOCC2)c(C)c2c1CCC(C(C)C(=O)N1CCOCC1)C2. The van der Waals surface area contributed by atoms with Crippen molar-refractivity contribution in [3.63, 3.8) is 0 Å². The van der Waals surface area contributed by atoms with Crippen molar-refractivity contribution >= 4 is 5.91 Å². The summed E-state index contributed by atoms with van der Waals surface area (Å²) in [5.41, 5.74) is 5.48. The lowest BCUT2D eigenvalue weighted by Crippen LogP contribution is -2.45. The number of carbonyl (C=O) groups excluding carboxylic acids is 1. The van der Waals surface area contributed by atoms with E-state index in [-0.39, 0.29) is 5.92 Å². The molecule has 1 amide bonds. The molecule has 1 aromatic carbocycles. The quantitative estimate of drug-likeness (QED) is 0.695. The minimum Gasteiger partial charge on any atom is -0.492 e. The van der Waals surface area contributed by atoms with E-state index in [0.29, 0.717) is 31.6 Å². The van der Waals surface area contributed by atoms with Crippen molar-refractivity contribution < 1.29 is 19.0 Å². The predicted octanol–water partition coefficient (Wildman–Crippen LogP) is 2.61. The van der Waals surface area contributed by atoms with Gasteiger partial charge in [0.2, 0.25) is 5.91 Å². The van der Waals surface area contributed by atoms with Crippen LogP contribution in [0.5, 0.6) is 5.75 Å². The second-order valence-electron chi connectivity index (χ2n) is 9.31. The highest BCUT2D eigenvalue weighted by molar-refractivity contribution is 5.79. The monoisotopic (exact) mass is 430 g/mol. The molecule has 0 radical (unpaired) electrons. The van der Waals surface area contributed by atoms with Gasteiger partial charge >= 0.3 is 0 Å². The van der Waals surface area contributed by atoms with Crippen LogP contribution in [0, 0.1) is 25.7 Å². The first-order valence-corrected chi connectivity index (χ1v) is 12.0. The second-order valence-corrected chi connectivity index (χ2v) is 9.31. The Labute approximate surface area is 186 Å². The molecule has 6 heteroatoms. The molecule has 0 spiro atoms. The Bertz CT molecular complexity index is 769. The molecule has 2 unspecified atom stereocenters. The van der Waals surface area contributed by atoms with Crippen molar-refractivity contribution in [2.24, 2.45) is 11.8 Å². The maximum Gasteiger partial charge on any atom is 0.225 e. The summed E-state index contributed by atoms with van der Waals surface area (Å²) in [5.74, 6) is 1.75. The van der Waals surface area contributed by atoms with Crippen LogP contribution in [0.2, 0.25) is 0 Å². The van der Waals surface area contributed by atoms with E-state index in [1.54, 1.807) is 0 Å². The Balaban J connectivity index is 1.41. The number of hydrogen-bond donors (Lipinski definition) is 0. The van der Waals surface area contributed by atoms with Crippen molar-refractivity contribution in [2.75, 3.05) is 65.8 Å². The van der Waals surface area contributed by atoms with Gasteiger partial charge in [-0.05, 0) is 67.3 Å². The first-order chi connectivity index (χ1) is 15.0. The summed E-state index contributed by atoms with van der Waals surface area (Å²) < 4.78 is 17.1. The van der Waals surface area contributed by atoms with Gasteiger partial charge in [0.25, 0.3) is 0 Å². The van der Waals surface area contributed by atoms with Crippen molar-refractivity contribution in [3.8, 4) is 5.75 Å². The molecule has 2 aliphatic heterocycles. The van der Waals surface area contributed by atoms with Crippen LogP contribution < -0.4 is 4.74 Å². The van der Waals surface area contributed by atoms with Gasteiger partial charge in [0, 0.05) is 38.6 Å². The minimum absolute atomic E-state index is 0.0526. The number of hydrogen-bond acceptors (Lipinski definition) is 5. The zero-order valence-corrected chi connectivity index (χ0v) is 19.5. The molecule has 6 nitrogen and oxygen atoms in total. The van der Waals surface area contributed by atoms with Crippen LogP contribution in [0.4, 0.5) is 0 Å². The predicted molar refractivity (Wildman–Crippen MR) is 121 cm³/mol. The van der Waals surface area contributed by atoms with Gasteiger partial charge in [0.15, 0.2) is 0 Å². The van der Waals surface area contributed by atoms with Crippen LogP contribution >= 0.6 is 0 Å². The summed E-state index contributed by atoms with van der Waals surface area (Å²) in [4.78, 5) is 17.4. The molecule has 0 bridgehead atoms. The molecular weight excluding hydrogens is 392 g/mol. The van der Waals surface area contributed by atoms with E-state index in [1.165, 1.54) is 22.3 Å². The number of carbonyl (C=O) groups is 1. The molecule has 1 aromatic rings. The summed E-state index contributed by atoms with van der Waals surface area (Å²) in [6, 6.07) is 2.22. The van der Waals surface area contributed by atoms with Crippen LogP contribution in [0.25, 0.3) is 0 Å². The molecule has 4 rings (SSSR count). The molecular formula is C25H38N2O4. The molecule has 0 N–H and O–H groups in total. The highest BCUT2D eigenvalue weighted by Crippen LogP contribution is 2.38. The van der Waals surface area contributed by atoms with Crippen molar-refractivity contribution in [1.29, 1.82) is 0 Å². The molecule has 2 saturated heterocycles. The molecule has 172 valence electrons. The van der Waals surface area contributed by atoms with E-state index < -0.39 is 0 Å². The number of amides is 1. The average Bonchev–Trinajstić information content (AvgIpc) is 2.82. The van der Waals surface area contributed by atoms with Crippen LogP contribution in [0.3, 0.4) is 0 Å². The molecule has 2 fully saturated rings. The topological polar surface area (TPSA) is 51.2 Å². The number of rotatable bonds is 6. The Hall–Kier alpha value is -1.63. The number of fused-ring (bicyclic) bond motifs is 1. The third-order valence-corrected chi connectivity index (χ3v) is 7.43. The van der Waals surface area contributed by atoms with Crippen molar-refractivity contribution in [2.45, 2.75) is 40.0 Å². The van der Waals surface area contributed by atoms with E-state index in [2.05, 4.69) is 31.7 Å². The first kappa shape index (κ1) is 22.6. The summed E-state index contributed by atoms with van der Waals surface area (Å²) in [7, 11) is 0. The van der Waals surface area contributed by atoms with Crippen molar-refractivity contribution in [1.82, 2.24) is 9.80 Å². The van der Waals surface area contributed by atoms with E-state index >= 15 is 0 Å². The van der Waals surface area contributed by atoms with Crippen LogP contribution in [0.1, 0.15) is 35.6 Å². The summed E-state index contributed by atoms with van der Waals surface area (Å²) in [6.45, 7) is 14.6. The van der Waals surface area contributed by atoms with E-state index in [4.69, 9.17) is 14.2 Å². The Morgan fingerprint density at radius 2 is 1.77 bits per heavy atom. The highest BCUT2D eigenvalue weighted by Gasteiger charge is 2.33. The van der Waals surface area contributed by atoms with E-state index in [9.17, 15) is 4.79 Å². The van der Waals surface area contributed by atoms with E-state index in [1.807, 2.05) is 4.90 Å². The second kappa shape index (κ2) is 10.3. The van der Waals surface area contributed by atoms with Crippen molar-refractivity contribution in [3.05, 3.63) is 28.3 Å². The van der Waals surface area contributed by atoms with Gasteiger partial charge in [-0.15, -0.1) is 0 Å². The van der Waals surface area contributed by atoms with Gasteiger partial charge in [-0.2, -0.15) is 0 Å². The fourth-order valence-corrected chi connectivity index (χ4v) is 5.28. The maximum atomic E-state index is 13.1. The number of benzene rings is 1. The zero-order valence-electron chi connectivity index (χ0n) is 19.5. The smallest absolute Gasteiger partial charge is 0.225 e. The number of aryl methyl sites for hydroxylation is 1. The largest absolute Gasteiger partial charge is 0.492 e. The van der Waals surface area contributed by atoms with Gasteiger partial charge in [-0.3, -0.25) is 9.69 Å². The van der Waals surface area contributed by atoms with Crippen LogP contribution in [-0.4, -0.2) is 81.5 Å². The molecule has 1 aliphatic carbocycles. The first-order valence-electron chi connectivity index (χ1n) is 12.0. The fourth-order valence-electron chi connectivity index (χ4n) is 5.28. The average molecular weight is 431 g/mol. The Morgan fingerprint density at radius 1 is 1.10 bits per heavy atom. The third kappa shape index (κ3) is 5.24. The zero-order chi connectivity index (χ0) is 21.8. The van der Waals surface area contributed by atoms with Gasteiger partial charge in [-0.1, -0.05) is 6.92 Å². The maximum absolute atomic E-state index is 13.1. The third-order valence-electron chi connectivity index (χ3n) is 7.43. The molecule has 2 atom stereocenters. The number of ether oxygens (including phenoxy) is 3. The number of morpholine rings is 2. The van der Waals surface area contributed by atoms with Gasteiger partial charge < -0.3 is 19.1 Å². The highest BCUT2D eigenvalue weighted by atomic mass is 16.5. The standard InChI is InChI=1S/C25H38N2O4/c1-18-16-24(31-15-8-26-6-11-29-12-7-26)20(3)23-17-21(4-5-22(18)23)19(2)25(28)27-9-13-30-14-10-27/h16,19,21H,4-15,17H2,1-3H3. The molecule has 2 heterocycles. The normalized spacial score (nSPS) is 23.3. The van der Waals surface area contributed by atoms with Gasteiger partial charge in [-0.25, -0.2) is 0 Å². The Morgan fingerprint density at radius 3 is 2.48 bits per heavy atom. The van der Waals surface area contributed by atoms with Crippen LogP contribution in [-0.2, 0) is 27.1 Å². The lowest BCUT2D eigenvalue weighted by molar-refractivity contribution is -0.141. The molecule has 31 heavy (non-hydrogen) atoms. The van der Waals surface area contributed by atoms with Crippen LogP contribution in [0.15, 0.2) is 6.07 Å². The minimum atomic E-state index is 0.0526. The molecule has 3 aliphatic rings. The summed E-state index contributed by atoms with van der Waals surface area (Å²) >= 11 is 0. The van der Waals surface area contributed by atoms with Gasteiger partial charge in [0.1, 0.15) is 12.4 Å². The summed E-state index contributed by atoms with van der Waals surface area (Å²) in [5, 5.41) is 0. The molecule has 0 aromatic heterocycles. The lowest BCUT2D eigenvalue weighted by atomic mass is 9.74. The van der Waals surface area contributed by atoms with E-state index in [0.717, 1.165) is 70.9 Å². The van der Waals surface area contributed by atoms with Gasteiger partial charge in [0.05, 0.1) is 26.4 Å². The fraction of sp³-hybridized carbons (Fsp3) is 0.720. The number of nitrogens with zero attached hydrogens (tertiary/aromatic N) is 2. The summed E-state index contributed by atoms with van der Waals surface area (Å²) in [6.07, 6.45) is 3.11. The molecule has 0 saturated carbocycles. The lowest BCUT2D eigenvalue weighted by Gasteiger charge is -2.35.